The predicted molar refractivity (Wildman–Crippen MR) is 69.0 cm³/mol. The van der Waals surface area contributed by atoms with Crippen LogP contribution in [0.15, 0.2) is 0 Å². The van der Waals surface area contributed by atoms with Gasteiger partial charge in [-0.05, 0) is 11.8 Å². The van der Waals surface area contributed by atoms with Gasteiger partial charge in [-0.25, -0.2) is 12.7 Å². The van der Waals surface area contributed by atoms with Crippen molar-refractivity contribution in [1.82, 2.24) is 9.62 Å². The van der Waals surface area contributed by atoms with Crippen LogP contribution in [0.2, 0.25) is 0 Å². The number of hydrogen-bond donors (Lipinski definition) is 1. The Hall–Kier alpha value is -0.640. The van der Waals surface area contributed by atoms with E-state index in [4.69, 9.17) is 5.26 Å². The summed E-state index contributed by atoms with van der Waals surface area (Å²) in [5, 5.41) is 11.6. The van der Waals surface area contributed by atoms with Crippen LogP contribution in [0.1, 0.15) is 26.7 Å². The maximum atomic E-state index is 11.5. The summed E-state index contributed by atoms with van der Waals surface area (Å²) in [7, 11) is -0.0466. The van der Waals surface area contributed by atoms with Crippen LogP contribution in [0.4, 0.5) is 0 Å². The van der Waals surface area contributed by atoms with Gasteiger partial charge in [-0.15, -0.1) is 0 Å². The molecule has 0 aliphatic rings. The second-order valence-electron chi connectivity index (χ2n) is 5.10. The maximum absolute atomic E-state index is 11.5. The molecule has 0 rings (SSSR count). The first kappa shape index (κ1) is 16.4. The number of nitrogens with zero attached hydrogens (tertiary/aromatic N) is 2. The topological polar surface area (TPSA) is 73.2 Å². The molecular weight excluding hydrogens is 238 g/mol. The minimum Gasteiger partial charge on any atom is -0.315 e. The number of hydrogen-bond acceptors (Lipinski definition) is 4. The van der Waals surface area contributed by atoms with Crippen LogP contribution in [0, 0.1) is 16.7 Å². The lowest BCUT2D eigenvalue weighted by atomic mass is 9.88. The van der Waals surface area contributed by atoms with E-state index in [9.17, 15) is 8.42 Å². The Morgan fingerprint density at radius 3 is 2.41 bits per heavy atom. The number of nitriles is 1. The molecular formula is C11H23N3O2S. The molecule has 6 heteroatoms. The van der Waals surface area contributed by atoms with Crippen LogP contribution in [0.5, 0.6) is 0 Å². The Balaban J connectivity index is 3.90. The van der Waals surface area contributed by atoms with Crippen LogP contribution in [0.3, 0.4) is 0 Å². The normalized spacial score (nSPS) is 12.7. The zero-order valence-corrected chi connectivity index (χ0v) is 12.0. The van der Waals surface area contributed by atoms with E-state index in [0.29, 0.717) is 13.0 Å². The summed E-state index contributed by atoms with van der Waals surface area (Å²) in [6.45, 7) is 5.30. The van der Waals surface area contributed by atoms with Crippen LogP contribution in [0.25, 0.3) is 0 Å². The first-order valence-electron chi connectivity index (χ1n) is 5.69. The second-order valence-corrected chi connectivity index (χ2v) is 7.40. The summed E-state index contributed by atoms with van der Waals surface area (Å²) in [6.07, 6.45) is 1.35. The quantitative estimate of drug-likeness (QED) is 0.656. The molecule has 0 amide bonds. The molecule has 0 saturated carbocycles. The minimum absolute atomic E-state index is 0.0254. The molecule has 0 aromatic heterocycles. The zero-order chi connectivity index (χ0) is 13.5. The highest BCUT2D eigenvalue weighted by Crippen LogP contribution is 2.20. The second kappa shape index (κ2) is 6.94. The van der Waals surface area contributed by atoms with Gasteiger partial charge < -0.3 is 5.32 Å². The van der Waals surface area contributed by atoms with Crippen LogP contribution < -0.4 is 5.32 Å². The van der Waals surface area contributed by atoms with Gasteiger partial charge in [0.25, 0.3) is 0 Å². The van der Waals surface area contributed by atoms with Gasteiger partial charge in [-0.2, -0.15) is 5.26 Å². The molecule has 0 heterocycles. The lowest BCUT2D eigenvalue weighted by molar-refractivity contribution is 0.321. The van der Waals surface area contributed by atoms with E-state index in [1.165, 1.54) is 18.4 Å². The smallest absolute Gasteiger partial charge is 0.214 e. The van der Waals surface area contributed by atoms with Gasteiger partial charge in [0.2, 0.25) is 10.0 Å². The van der Waals surface area contributed by atoms with E-state index in [1.54, 1.807) is 0 Å². The molecule has 0 fully saturated rings. The first-order chi connectivity index (χ1) is 7.71. The summed E-state index contributed by atoms with van der Waals surface area (Å²) in [6, 6.07) is 2.12. The van der Waals surface area contributed by atoms with E-state index >= 15 is 0 Å². The number of nitrogens with one attached hydrogen (secondary N) is 1. The fourth-order valence-electron chi connectivity index (χ4n) is 1.29. The Bertz CT molecular complexity index is 355. The third kappa shape index (κ3) is 7.31. The summed E-state index contributed by atoms with van der Waals surface area (Å²) in [5.74, 6) is 0.105. The van der Waals surface area contributed by atoms with Gasteiger partial charge in [0.05, 0.1) is 11.8 Å². The minimum atomic E-state index is -3.11. The monoisotopic (exact) mass is 261 g/mol. The number of rotatable bonds is 8. The molecule has 0 saturated heterocycles. The standard InChI is InChI=1S/C11H23N3O2S/c1-11(2,6-5-7-12)10-13-8-9-17(15,16)14(3)4/h13H,5-6,8-10H2,1-4H3. The van der Waals surface area contributed by atoms with Crippen molar-refractivity contribution in [3.8, 4) is 6.07 Å². The van der Waals surface area contributed by atoms with Gasteiger partial charge in [-0.1, -0.05) is 13.8 Å². The Morgan fingerprint density at radius 2 is 1.94 bits per heavy atom. The molecule has 1 N–H and O–H groups in total. The highest BCUT2D eigenvalue weighted by atomic mass is 32.2. The van der Waals surface area contributed by atoms with Crippen molar-refractivity contribution >= 4 is 10.0 Å². The van der Waals surface area contributed by atoms with Crippen molar-refractivity contribution in [3.63, 3.8) is 0 Å². The van der Waals surface area contributed by atoms with E-state index in [-0.39, 0.29) is 11.2 Å². The molecule has 5 nitrogen and oxygen atoms in total. The fourth-order valence-corrected chi connectivity index (χ4v) is 2.06. The average molecular weight is 261 g/mol. The van der Waals surface area contributed by atoms with Gasteiger partial charge in [0.1, 0.15) is 0 Å². The molecule has 0 radical (unpaired) electrons. The molecule has 0 atom stereocenters. The molecule has 0 spiro atoms. The lowest BCUT2D eigenvalue weighted by Crippen LogP contribution is -2.35. The van der Waals surface area contributed by atoms with Gasteiger partial charge in [-0.3, -0.25) is 0 Å². The van der Waals surface area contributed by atoms with Crippen molar-refractivity contribution in [2.45, 2.75) is 26.7 Å². The predicted octanol–water partition coefficient (Wildman–Crippen LogP) is 0.797. The Kier molecular flexibility index (Phi) is 6.68. The average Bonchev–Trinajstić information content (AvgIpc) is 2.21. The highest BCUT2D eigenvalue weighted by molar-refractivity contribution is 7.89. The van der Waals surface area contributed by atoms with Crippen molar-refractivity contribution in [2.24, 2.45) is 5.41 Å². The van der Waals surface area contributed by atoms with Crippen molar-refractivity contribution in [3.05, 3.63) is 0 Å². The fraction of sp³-hybridized carbons (Fsp3) is 0.909. The summed E-state index contributed by atoms with van der Waals surface area (Å²) in [5.41, 5.74) is 0.0254. The summed E-state index contributed by atoms with van der Waals surface area (Å²) < 4.78 is 24.2. The van der Waals surface area contributed by atoms with Crippen LogP contribution >= 0.6 is 0 Å². The van der Waals surface area contributed by atoms with Crippen molar-refractivity contribution in [2.75, 3.05) is 32.9 Å². The highest BCUT2D eigenvalue weighted by Gasteiger charge is 2.18. The van der Waals surface area contributed by atoms with E-state index in [0.717, 1.165) is 13.0 Å². The van der Waals surface area contributed by atoms with Gasteiger partial charge >= 0.3 is 0 Å². The molecule has 100 valence electrons. The lowest BCUT2D eigenvalue weighted by Gasteiger charge is -2.24. The van der Waals surface area contributed by atoms with Gasteiger partial charge in [0, 0.05) is 33.6 Å². The summed E-state index contributed by atoms with van der Waals surface area (Å²) >= 11 is 0. The molecule has 0 aromatic carbocycles. The molecule has 0 unspecified atom stereocenters. The van der Waals surface area contributed by atoms with E-state index in [2.05, 4.69) is 25.2 Å². The number of sulfonamides is 1. The molecule has 0 bridgehead atoms. The summed E-state index contributed by atoms with van der Waals surface area (Å²) in [4.78, 5) is 0. The third-order valence-corrected chi connectivity index (χ3v) is 4.44. The molecule has 0 aliphatic carbocycles. The molecule has 0 aromatic rings. The Labute approximate surface area is 105 Å². The Morgan fingerprint density at radius 1 is 1.35 bits per heavy atom. The van der Waals surface area contributed by atoms with Crippen LogP contribution in [-0.2, 0) is 10.0 Å². The van der Waals surface area contributed by atoms with Crippen molar-refractivity contribution < 1.29 is 8.42 Å². The molecule has 17 heavy (non-hydrogen) atoms. The molecule has 0 aliphatic heterocycles. The van der Waals surface area contributed by atoms with E-state index in [1.807, 2.05) is 0 Å². The first-order valence-corrected chi connectivity index (χ1v) is 7.30. The van der Waals surface area contributed by atoms with Crippen molar-refractivity contribution in [1.29, 1.82) is 5.26 Å². The van der Waals surface area contributed by atoms with Crippen LogP contribution in [-0.4, -0.2) is 45.7 Å². The third-order valence-electron chi connectivity index (χ3n) is 2.61. The zero-order valence-electron chi connectivity index (χ0n) is 11.2. The maximum Gasteiger partial charge on any atom is 0.214 e. The largest absolute Gasteiger partial charge is 0.315 e. The SMILES string of the molecule is CN(C)S(=O)(=O)CCNCC(C)(C)CCC#N. The van der Waals surface area contributed by atoms with Gasteiger partial charge in [0.15, 0.2) is 0 Å². The van der Waals surface area contributed by atoms with E-state index < -0.39 is 10.0 Å².